The number of aliphatic imine (C=N–C) groups is 1. The lowest BCUT2D eigenvalue weighted by atomic mass is 10.1. The highest BCUT2D eigenvalue weighted by Crippen LogP contribution is 2.29. The number of hydrogen-bond acceptors (Lipinski definition) is 2. The van der Waals surface area contributed by atoms with Gasteiger partial charge in [0.2, 0.25) is 0 Å². The minimum Gasteiger partial charge on any atom is -0.352 e. The molecule has 30 heavy (non-hydrogen) atoms. The van der Waals surface area contributed by atoms with Crippen LogP contribution in [-0.2, 0) is 19.3 Å². The van der Waals surface area contributed by atoms with E-state index in [1.165, 1.54) is 18.5 Å². The zero-order chi connectivity index (χ0) is 20.9. The maximum atomic E-state index is 14.3. The molecule has 0 radical (unpaired) electrons. The first-order chi connectivity index (χ1) is 13.9. The monoisotopic (exact) mass is 533 g/mol. The van der Waals surface area contributed by atoms with Crippen LogP contribution in [0.15, 0.2) is 66.2 Å². The summed E-state index contributed by atoms with van der Waals surface area (Å²) in [4.78, 5) is 7.93. The molecule has 0 aliphatic carbocycles. The van der Waals surface area contributed by atoms with Crippen molar-refractivity contribution in [3.63, 3.8) is 0 Å². The number of hydrogen-bond donors (Lipinski definition) is 2. The topological polar surface area (TPSA) is 54.2 Å². The van der Waals surface area contributed by atoms with Crippen molar-refractivity contribution < 1.29 is 17.6 Å². The molecule has 160 valence electrons. The highest BCUT2D eigenvalue weighted by molar-refractivity contribution is 14.0. The predicted octanol–water partition coefficient (Wildman–Crippen LogP) is 4.51. The quantitative estimate of drug-likeness (QED) is 0.220. The number of alkyl halides is 3. The molecule has 0 fully saturated rings. The van der Waals surface area contributed by atoms with Crippen LogP contribution in [0.2, 0.25) is 0 Å². The first kappa shape index (κ1) is 23.6. The van der Waals surface area contributed by atoms with E-state index in [0.717, 1.165) is 12.1 Å². The molecule has 1 aromatic heterocycles. The van der Waals surface area contributed by atoms with Gasteiger partial charge in [0.15, 0.2) is 5.96 Å². The average molecular weight is 533 g/mol. The summed E-state index contributed by atoms with van der Waals surface area (Å²) in [6.45, 7) is 0.459. The van der Waals surface area contributed by atoms with Gasteiger partial charge >= 0.3 is 6.18 Å². The molecule has 0 aliphatic heterocycles. The number of benzene rings is 2. The molecular weight excluding hydrogens is 513 g/mol. The van der Waals surface area contributed by atoms with E-state index in [1.54, 1.807) is 42.2 Å². The standard InChI is InChI=1S/C20H19F4N5.HI/c1-25-19(27-11-14-3-2-4-16(9-14)20(22,23)24)28-12-15-5-6-18(17(21)10-15)29-8-7-26-13-29;/h2-10,13H,11-12H2,1H3,(H2,25,27,28);1H. The van der Waals surface area contributed by atoms with Gasteiger partial charge in [-0.15, -0.1) is 24.0 Å². The maximum Gasteiger partial charge on any atom is 0.416 e. The van der Waals surface area contributed by atoms with E-state index in [2.05, 4.69) is 20.6 Å². The van der Waals surface area contributed by atoms with Gasteiger partial charge in [0.25, 0.3) is 0 Å². The Morgan fingerprint density at radius 3 is 2.33 bits per heavy atom. The van der Waals surface area contributed by atoms with Crippen molar-refractivity contribution >= 4 is 29.9 Å². The van der Waals surface area contributed by atoms with Crippen LogP contribution in [0.4, 0.5) is 17.6 Å². The Morgan fingerprint density at radius 1 is 1.07 bits per heavy atom. The first-order valence-corrected chi connectivity index (χ1v) is 8.74. The minimum atomic E-state index is -4.39. The molecule has 0 bridgehead atoms. The third kappa shape index (κ3) is 6.18. The molecule has 0 atom stereocenters. The number of rotatable bonds is 5. The second-order valence-electron chi connectivity index (χ2n) is 6.23. The van der Waals surface area contributed by atoms with Crippen molar-refractivity contribution in [3.8, 4) is 5.69 Å². The number of nitrogens with one attached hydrogen (secondary N) is 2. The summed E-state index contributed by atoms with van der Waals surface area (Å²) in [5.41, 5.74) is 0.846. The van der Waals surface area contributed by atoms with Gasteiger partial charge in [0.1, 0.15) is 5.82 Å². The van der Waals surface area contributed by atoms with Crippen LogP contribution < -0.4 is 10.6 Å². The summed E-state index contributed by atoms with van der Waals surface area (Å²) < 4.78 is 54.3. The molecule has 3 rings (SSSR count). The minimum absolute atomic E-state index is 0. The third-order valence-electron chi connectivity index (χ3n) is 4.19. The van der Waals surface area contributed by atoms with E-state index < -0.39 is 17.6 Å². The van der Waals surface area contributed by atoms with Crippen molar-refractivity contribution in [3.05, 3.63) is 83.7 Å². The second-order valence-corrected chi connectivity index (χ2v) is 6.23. The second kappa shape index (κ2) is 10.4. The smallest absolute Gasteiger partial charge is 0.352 e. The van der Waals surface area contributed by atoms with Gasteiger partial charge in [-0.3, -0.25) is 4.99 Å². The van der Waals surface area contributed by atoms with Crippen LogP contribution in [0.3, 0.4) is 0 Å². The number of aromatic nitrogens is 2. The Hall–Kier alpha value is -2.63. The molecule has 0 amide bonds. The largest absolute Gasteiger partial charge is 0.416 e. The lowest BCUT2D eigenvalue weighted by Crippen LogP contribution is -2.36. The zero-order valence-electron chi connectivity index (χ0n) is 15.9. The van der Waals surface area contributed by atoms with Crippen LogP contribution in [0.1, 0.15) is 16.7 Å². The highest BCUT2D eigenvalue weighted by atomic mass is 127. The van der Waals surface area contributed by atoms with Crippen molar-refractivity contribution in [2.75, 3.05) is 7.05 Å². The highest BCUT2D eigenvalue weighted by Gasteiger charge is 2.30. The van der Waals surface area contributed by atoms with Crippen molar-refractivity contribution in [1.29, 1.82) is 0 Å². The van der Waals surface area contributed by atoms with Gasteiger partial charge < -0.3 is 15.2 Å². The van der Waals surface area contributed by atoms with Gasteiger partial charge in [-0.25, -0.2) is 9.37 Å². The molecule has 0 saturated heterocycles. The SMILES string of the molecule is CN=C(NCc1cccc(C(F)(F)F)c1)NCc1ccc(-n2ccnc2)c(F)c1.I. The molecular formula is C20H20F4IN5. The molecule has 3 aromatic rings. The number of nitrogens with zero attached hydrogens (tertiary/aromatic N) is 3. The van der Waals surface area contributed by atoms with Crippen molar-refractivity contribution in [1.82, 2.24) is 20.2 Å². The Balaban J connectivity index is 0.00000320. The van der Waals surface area contributed by atoms with Crippen LogP contribution in [0, 0.1) is 5.82 Å². The molecule has 0 aliphatic rings. The Kier molecular flexibility index (Phi) is 8.21. The number of imidazole rings is 1. The Bertz CT molecular complexity index is 987. The third-order valence-corrected chi connectivity index (χ3v) is 4.19. The first-order valence-electron chi connectivity index (χ1n) is 8.74. The van der Waals surface area contributed by atoms with Gasteiger partial charge in [0.05, 0.1) is 17.6 Å². The molecule has 0 saturated carbocycles. The summed E-state index contributed by atoms with van der Waals surface area (Å²) in [6, 6.07) is 9.89. The normalized spacial score (nSPS) is 11.7. The van der Waals surface area contributed by atoms with Crippen molar-refractivity contribution in [2.24, 2.45) is 4.99 Å². The summed E-state index contributed by atoms with van der Waals surface area (Å²) in [6.07, 6.45) is 0.337. The summed E-state index contributed by atoms with van der Waals surface area (Å²) in [7, 11) is 1.55. The van der Waals surface area contributed by atoms with Crippen LogP contribution in [-0.4, -0.2) is 22.6 Å². The molecule has 5 nitrogen and oxygen atoms in total. The fourth-order valence-corrected chi connectivity index (χ4v) is 2.72. The van der Waals surface area contributed by atoms with Gasteiger partial charge in [0, 0.05) is 32.5 Å². The van der Waals surface area contributed by atoms with Gasteiger partial charge in [-0.05, 0) is 35.4 Å². The number of halogens is 5. The fourth-order valence-electron chi connectivity index (χ4n) is 2.72. The fraction of sp³-hybridized carbons (Fsp3) is 0.200. The Morgan fingerprint density at radius 2 is 1.77 bits per heavy atom. The van der Waals surface area contributed by atoms with Gasteiger partial charge in [-0.1, -0.05) is 18.2 Å². The molecule has 0 unspecified atom stereocenters. The lowest BCUT2D eigenvalue weighted by Gasteiger charge is -2.14. The van der Waals surface area contributed by atoms with Crippen LogP contribution >= 0.6 is 24.0 Å². The Labute approximate surface area is 188 Å². The molecule has 2 N–H and O–H groups in total. The molecule has 1 heterocycles. The summed E-state index contributed by atoms with van der Waals surface area (Å²) in [5, 5.41) is 5.96. The van der Waals surface area contributed by atoms with E-state index in [4.69, 9.17) is 0 Å². The van der Waals surface area contributed by atoms with E-state index in [9.17, 15) is 17.6 Å². The lowest BCUT2D eigenvalue weighted by molar-refractivity contribution is -0.137. The van der Waals surface area contributed by atoms with E-state index in [0.29, 0.717) is 29.3 Å². The average Bonchev–Trinajstić information content (AvgIpc) is 3.22. The zero-order valence-corrected chi connectivity index (χ0v) is 18.3. The molecule has 0 spiro atoms. The van der Waals surface area contributed by atoms with Crippen molar-refractivity contribution in [2.45, 2.75) is 19.3 Å². The number of guanidine groups is 1. The summed E-state index contributed by atoms with van der Waals surface area (Å²) >= 11 is 0. The van der Waals surface area contributed by atoms with E-state index in [1.807, 2.05) is 0 Å². The van der Waals surface area contributed by atoms with Crippen LogP contribution in [0.5, 0.6) is 0 Å². The van der Waals surface area contributed by atoms with E-state index in [-0.39, 0.29) is 30.5 Å². The molecule has 10 heteroatoms. The molecule has 2 aromatic carbocycles. The van der Waals surface area contributed by atoms with Gasteiger partial charge in [-0.2, -0.15) is 13.2 Å². The summed E-state index contributed by atoms with van der Waals surface area (Å²) in [5.74, 6) is -0.00396. The maximum absolute atomic E-state index is 14.3. The van der Waals surface area contributed by atoms with E-state index >= 15 is 0 Å². The predicted molar refractivity (Wildman–Crippen MR) is 117 cm³/mol. The van der Waals surface area contributed by atoms with Crippen LogP contribution in [0.25, 0.3) is 5.69 Å².